The van der Waals surface area contributed by atoms with E-state index >= 15 is 0 Å². The summed E-state index contributed by atoms with van der Waals surface area (Å²) in [5.41, 5.74) is 6.21. The third-order valence-corrected chi connectivity index (χ3v) is 4.92. The van der Waals surface area contributed by atoms with Crippen molar-refractivity contribution in [3.8, 4) is 0 Å². The molecule has 7 heteroatoms. The van der Waals surface area contributed by atoms with E-state index in [-0.39, 0.29) is 24.4 Å². The maximum absolute atomic E-state index is 12.1. The third kappa shape index (κ3) is 4.23. The molecule has 1 aromatic rings. The van der Waals surface area contributed by atoms with E-state index in [9.17, 15) is 4.79 Å². The first-order valence-corrected chi connectivity index (χ1v) is 7.65. The van der Waals surface area contributed by atoms with Crippen LogP contribution in [-0.4, -0.2) is 18.5 Å². The molecular formula is C12H17Cl3N2OS. The molecule has 3 N–H and O–H groups in total. The highest BCUT2D eigenvalue weighted by Gasteiger charge is 2.26. The molecule has 108 valence electrons. The molecule has 1 aliphatic rings. The maximum Gasteiger partial charge on any atom is 0.253 e. The predicted octanol–water partition coefficient (Wildman–Crippen LogP) is 3.72. The molecule has 2 unspecified atom stereocenters. The average Bonchev–Trinajstić information content (AvgIpc) is 2.69. The van der Waals surface area contributed by atoms with Crippen LogP contribution in [0.2, 0.25) is 8.67 Å². The highest BCUT2D eigenvalue weighted by molar-refractivity contribution is 7.20. The summed E-state index contributed by atoms with van der Waals surface area (Å²) in [6.45, 7) is 0.614. The van der Waals surface area contributed by atoms with E-state index in [1.165, 1.54) is 17.8 Å². The third-order valence-electron chi connectivity index (χ3n) is 3.43. The largest absolute Gasteiger partial charge is 0.349 e. The number of halogens is 3. The number of thiophene rings is 1. The number of rotatable bonds is 3. The summed E-state index contributed by atoms with van der Waals surface area (Å²) >= 11 is 13.0. The number of amides is 1. The van der Waals surface area contributed by atoms with Crippen molar-refractivity contribution in [3.05, 3.63) is 20.3 Å². The maximum atomic E-state index is 12.1. The normalized spacial score (nSPS) is 22.7. The second kappa shape index (κ2) is 7.70. The van der Waals surface area contributed by atoms with E-state index in [1.807, 2.05) is 0 Å². The Kier molecular flexibility index (Phi) is 6.91. The molecule has 0 spiro atoms. The zero-order valence-electron chi connectivity index (χ0n) is 10.3. The van der Waals surface area contributed by atoms with Gasteiger partial charge in [0.1, 0.15) is 4.34 Å². The van der Waals surface area contributed by atoms with Gasteiger partial charge in [-0.05, 0) is 31.4 Å². The molecule has 3 nitrogen and oxygen atoms in total. The van der Waals surface area contributed by atoms with Gasteiger partial charge in [-0.25, -0.2) is 0 Å². The number of carbonyl (C=O) groups is 1. The molecule has 1 fully saturated rings. The monoisotopic (exact) mass is 342 g/mol. The number of carbonyl (C=O) groups excluding carboxylic acids is 1. The Bertz CT molecular complexity index is 439. The zero-order chi connectivity index (χ0) is 13.1. The van der Waals surface area contributed by atoms with E-state index < -0.39 is 0 Å². The van der Waals surface area contributed by atoms with E-state index in [2.05, 4.69) is 5.32 Å². The summed E-state index contributed by atoms with van der Waals surface area (Å²) in [5.74, 6) is 0.226. The first-order chi connectivity index (χ1) is 8.61. The minimum absolute atomic E-state index is 0. The topological polar surface area (TPSA) is 55.1 Å². The summed E-state index contributed by atoms with van der Waals surface area (Å²) < 4.78 is 0.974. The molecule has 1 aromatic heterocycles. The van der Waals surface area contributed by atoms with Crippen molar-refractivity contribution in [1.29, 1.82) is 0 Å². The van der Waals surface area contributed by atoms with Crippen LogP contribution in [0.15, 0.2) is 6.07 Å². The fraction of sp³-hybridized carbons (Fsp3) is 0.583. The lowest BCUT2D eigenvalue weighted by Crippen LogP contribution is -2.44. The number of nitrogens with one attached hydrogen (secondary N) is 1. The Hall–Kier alpha value is -0.0000000000000000555. The molecule has 0 aliphatic heterocycles. The fourth-order valence-electron chi connectivity index (χ4n) is 2.42. The van der Waals surface area contributed by atoms with Crippen LogP contribution in [0.25, 0.3) is 0 Å². The van der Waals surface area contributed by atoms with Crippen LogP contribution in [0, 0.1) is 5.92 Å². The lowest BCUT2D eigenvalue weighted by atomic mass is 9.84. The summed E-state index contributed by atoms with van der Waals surface area (Å²) in [5, 5.41) is 3.03. The highest BCUT2D eigenvalue weighted by atomic mass is 35.5. The molecule has 2 rings (SSSR count). The molecule has 2 atom stereocenters. The Morgan fingerprint density at radius 3 is 2.68 bits per heavy atom. The SMILES string of the molecule is Cl.NCC1CCCCC1NC(=O)c1cc(Cl)sc1Cl. The van der Waals surface area contributed by atoms with Gasteiger partial charge in [0, 0.05) is 6.04 Å². The van der Waals surface area contributed by atoms with Gasteiger partial charge >= 0.3 is 0 Å². The van der Waals surface area contributed by atoms with Crippen LogP contribution in [0.3, 0.4) is 0 Å². The second-order valence-corrected chi connectivity index (χ2v) is 6.88. The summed E-state index contributed by atoms with van der Waals surface area (Å²) in [6, 6.07) is 1.77. The summed E-state index contributed by atoms with van der Waals surface area (Å²) in [4.78, 5) is 12.1. The van der Waals surface area contributed by atoms with Gasteiger partial charge in [0.25, 0.3) is 5.91 Å². The van der Waals surface area contributed by atoms with Crippen molar-refractivity contribution in [2.45, 2.75) is 31.7 Å². The van der Waals surface area contributed by atoms with Gasteiger partial charge < -0.3 is 11.1 Å². The minimum Gasteiger partial charge on any atom is -0.349 e. The molecule has 19 heavy (non-hydrogen) atoms. The van der Waals surface area contributed by atoms with Crippen molar-refractivity contribution in [2.24, 2.45) is 11.7 Å². The van der Waals surface area contributed by atoms with Crippen LogP contribution < -0.4 is 11.1 Å². The quantitative estimate of drug-likeness (QED) is 0.878. The van der Waals surface area contributed by atoms with Gasteiger partial charge in [0.05, 0.1) is 9.90 Å². The number of hydrogen-bond donors (Lipinski definition) is 2. The van der Waals surface area contributed by atoms with Crippen LogP contribution in [0.4, 0.5) is 0 Å². The van der Waals surface area contributed by atoms with Gasteiger partial charge in [-0.1, -0.05) is 36.0 Å². The predicted molar refractivity (Wildman–Crippen MR) is 83.9 cm³/mol. The van der Waals surface area contributed by atoms with Crippen molar-refractivity contribution in [1.82, 2.24) is 5.32 Å². The molecule has 0 bridgehead atoms. The lowest BCUT2D eigenvalue weighted by Gasteiger charge is -2.31. The van der Waals surface area contributed by atoms with E-state index in [0.717, 1.165) is 19.3 Å². The van der Waals surface area contributed by atoms with Crippen molar-refractivity contribution in [3.63, 3.8) is 0 Å². The van der Waals surface area contributed by atoms with E-state index in [1.54, 1.807) is 6.07 Å². The van der Waals surface area contributed by atoms with Gasteiger partial charge in [-0.2, -0.15) is 0 Å². The first-order valence-electron chi connectivity index (χ1n) is 6.07. The number of nitrogens with two attached hydrogens (primary N) is 1. The Morgan fingerprint density at radius 2 is 2.11 bits per heavy atom. The van der Waals surface area contributed by atoms with Crippen LogP contribution in [0.1, 0.15) is 36.0 Å². The molecule has 0 aromatic carbocycles. The van der Waals surface area contributed by atoms with Gasteiger partial charge in [0.15, 0.2) is 0 Å². The molecule has 1 aliphatic carbocycles. The van der Waals surface area contributed by atoms with Gasteiger partial charge in [0.2, 0.25) is 0 Å². The molecular weight excluding hydrogens is 327 g/mol. The smallest absolute Gasteiger partial charge is 0.253 e. The molecule has 0 saturated heterocycles. The van der Waals surface area contributed by atoms with Crippen molar-refractivity contribution < 1.29 is 4.79 Å². The molecule has 1 amide bonds. The van der Waals surface area contributed by atoms with Crippen LogP contribution >= 0.6 is 46.9 Å². The summed E-state index contributed by atoms with van der Waals surface area (Å²) in [7, 11) is 0. The van der Waals surface area contributed by atoms with Crippen molar-refractivity contribution >= 4 is 52.9 Å². The zero-order valence-corrected chi connectivity index (χ0v) is 13.5. The Morgan fingerprint density at radius 1 is 1.42 bits per heavy atom. The standard InChI is InChI=1S/C12H16Cl2N2OS.ClH/c13-10-5-8(11(14)18-10)12(17)16-9-4-2-1-3-7(9)6-15;/h5,7,9H,1-4,6,15H2,(H,16,17);1H. The Labute approximate surface area is 133 Å². The molecule has 1 heterocycles. The number of hydrogen-bond acceptors (Lipinski definition) is 3. The Balaban J connectivity index is 0.00000180. The van der Waals surface area contributed by atoms with Crippen molar-refractivity contribution in [2.75, 3.05) is 6.54 Å². The lowest BCUT2D eigenvalue weighted by molar-refractivity contribution is 0.0908. The van der Waals surface area contributed by atoms with E-state index in [4.69, 9.17) is 28.9 Å². The highest BCUT2D eigenvalue weighted by Crippen LogP contribution is 2.31. The summed E-state index contributed by atoms with van der Waals surface area (Å²) in [6.07, 6.45) is 4.40. The fourth-order valence-corrected chi connectivity index (χ4v) is 3.88. The van der Waals surface area contributed by atoms with Gasteiger partial charge in [-0.3, -0.25) is 4.79 Å². The van der Waals surface area contributed by atoms with Crippen LogP contribution in [0.5, 0.6) is 0 Å². The first kappa shape index (κ1) is 17.1. The van der Waals surface area contributed by atoms with E-state index in [0.29, 0.717) is 26.7 Å². The molecule has 0 radical (unpaired) electrons. The second-order valence-electron chi connectivity index (χ2n) is 4.60. The van der Waals surface area contributed by atoms with Gasteiger partial charge in [-0.15, -0.1) is 23.7 Å². The van der Waals surface area contributed by atoms with Crippen LogP contribution in [-0.2, 0) is 0 Å². The average molecular weight is 344 g/mol. The minimum atomic E-state index is -0.145. The molecule has 1 saturated carbocycles.